The van der Waals surface area contributed by atoms with Gasteiger partial charge in [0.1, 0.15) is 11.5 Å². The number of rotatable bonds is 10. The lowest BCUT2D eigenvalue weighted by atomic mass is 10.1. The number of methoxy groups -OCH3 is 1. The number of nitrogens with one attached hydrogen (secondary N) is 1. The molecule has 3 rings (SSSR count). The molecule has 0 aliphatic carbocycles. The summed E-state index contributed by atoms with van der Waals surface area (Å²) in [6, 6.07) is 20.7. The van der Waals surface area contributed by atoms with Gasteiger partial charge in [-0.05, 0) is 55.0 Å². The van der Waals surface area contributed by atoms with E-state index in [0.717, 1.165) is 17.4 Å². The summed E-state index contributed by atoms with van der Waals surface area (Å²) in [5.41, 5.74) is 2.15. The molecule has 0 heterocycles. The predicted octanol–water partition coefficient (Wildman–Crippen LogP) is 4.57. The molecule has 0 spiro atoms. The minimum Gasteiger partial charge on any atom is -0.496 e. The van der Waals surface area contributed by atoms with Crippen molar-refractivity contribution in [3.63, 3.8) is 0 Å². The SMILES string of the molecule is COc1ccccc1[C@H](C)NC(=O)COc1ccc(N(Cc2ccc(Cl)cc2)S(C)(=O)=O)cc1. The van der Waals surface area contributed by atoms with E-state index >= 15 is 0 Å². The van der Waals surface area contributed by atoms with Crippen LogP contribution in [0.4, 0.5) is 5.69 Å². The van der Waals surface area contributed by atoms with E-state index in [-0.39, 0.29) is 25.1 Å². The quantitative estimate of drug-likeness (QED) is 0.439. The highest BCUT2D eigenvalue weighted by Crippen LogP contribution is 2.25. The maximum absolute atomic E-state index is 12.4. The van der Waals surface area contributed by atoms with E-state index in [1.165, 1.54) is 4.31 Å². The third kappa shape index (κ3) is 6.88. The second kappa shape index (κ2) is 11.3. The molecule has 0 radical (unpaired) electrons. The molecule has 0 bridgehead atoms. The first-order valence-electron chi connectivity index (χ1n) is 10.5. The molecule has 0 aliphatic rings. The second-order valence-corrected chi connectivity index (χ2v) is 10.1. The molecule has 7 nitrogen and oxygen atoms in total. The fourth-order valence-corrected chi connectivity index (χ4v) is 4.41. The monoisotopic (exact) mass is 502 g/mol. The summed E-state index contributed by atoms with van der Waals surface area (Å²) in [5.74, 6) is 0.854. The number of para-hydroxylation sites is 1. The molecule has 1 atom stereocenters. The number of carbonyl (C=O) groups is 1. The third-order valence-corrected chi connectivity index (χ3v) is 6.51. The number of sulfonamides is 1. The highest BCUT2D eigenvalue weighted by molar-refractivity contribution is 7.92. The highest BCUT2D eigenvalue weighted by atomic mass is 35.5. The Morgan fingerprint density at radius 2 is 1.68 bits per heavy atom. The van der Waals surface area contributed by atoms with Crippen molar-refractivity contribution >= 4 is 33.2 Å². The van der Waals surface area contributed by atoms with E-state index in [1.807, 2.05) is 31.2 Å². The number of amides is 1. The number of ether oxygens (including phenoxy) is 2. The van der Waals surface area contributed by atoms with E-state index in [1.54, 1.807) is 55.6 Å². The normalized spacial score (nSPS) is 12.0. The van der Waals surface area contributed by atoms with E-state index in [2.05, 4.69) is 5.32 Å². The third-order valence-electron chi connectivity index (χ3n) is 5.12. The first kappa shape index (κ1) is 25.4. The van der Waals surface area contributed by atoms with Gasteiger partial charge in [0.15, 0.2) is 6.61 Å². The summed E-state index contributed by atoms with van der Waals surface area (Å²) in [6.07, 6.45) is 1.15. The van der Waals surface area contributed by atoms with Gasteiger partial charge in [-0.2, -0.15) is 0 Å². The predicted molar refractivity (Wildman–Crippen MR) is 134 cm³/mol. The van der Waals surface area contributed by atoms with Crippen molar-refractivity contribution in [2.75, 3.05) is 24.3 Å². The summed E-state index contributed by atoms with van der Waals surface area (Å²) in [5, 5.41) is 3.46. The van der Waals surface area contributed by atoms with Gasteiger partial charge in [-0.1, -0.05) is 41.9 Å². The van der Waals surface area contributed by atoms with Crippen molar-refractivity contribution in [3.05, 3.63) is 88.9 Å². The number of benzene rings is 3. The van der Waals surface area contributed by atoms with Crippen molar-refractivity contribution in [1.82, 2.24) is 5.32 Å². The molecule has 34 heavy (non-hydrogen) atoms. The van der Waals surface area contributed by atoms with Crippen molar-refractivity contribution in [2.45, 2.75) is 19.5 Å². The number of hydrogen-bond acceptors (Lipinski definition) is 5. The lowest BCUT2D eigenvalue weighted by molar-refractivity contribution is -0.123. The van der Waals surface area contributed by atoms with Gasteiger partial charge < -0.3 is 14.8 Å². The Kier molecular flexibility index (Phi) is 8.41. The van der Waals surface area contributed by atoms with Crippen molar-refractivity contribution in [1.29, 1.82) is 0 Å². The van der Waals surface area contributed by atoms with Crippen LogP contribution >= 0.6 is 11.6 Å². The standard InChI is InChI=1S/C25H27ClN2O5S/c1-18(23-6-4-5-7-24(23)32-2)27-25(29)17-33-22-14-12-21(13-15-22)28(34(3,30)31)16-19-8-10-20(26)11-9-19/h4-15,18H,16-17H2,1-3H3,(H,27,29)/t18-/m0/s1. The molecule has 1 amide bonds. The summed E-state index contributed by atoms with van der Waals surface area (Å²) in [6.45, 7) is 1.85. The number of anilines is 1. The average molecular weight is 503 g/mol. The molecule has 0 unspecified atom stereocenters. The zero-order valence-corrected chi connectivity index (χ0v) is 20.8. The summed E-state index contributed by atoms with van der Waals surface area (Å²) >= 11 is 5.92. The molecule has 0 fully saturated rings. The van der Waals surface area contributed by atoms with Gasteiger partial charge in [-0.25, -0.2) is 8.42 Å². The van der Waals surface area contributed by atoms with Crippen LogP contribution in [-0.2, 0) is 21.4 Å². The van der Waals surface area contributed by atoms with Gasteiger partial charge in [0, 0.05) is 10.6 Å². The number of halogens is 1. The molecule has 3 aromatic carbocycles. The molecule has 1 N–H and O–H groups in total. The second-order valence-electron chi connectivity index (χ2n) is 7.71. The lowest BCUT2D eigenvalue weighted by Gasteiger charge is -2.23. The van der Waals surface area contributed by atoms with Crippen molar-refractivity contribution in [2.24, 2.45) is 0 Å². The first-order chi connectivity index (χ1) is 16.2. The summed E-state index contributed by atoms with van der Waals surface area (Å²) < 4.78 is 37.0. The molecule has 0 aliphatic heterocycles. The Balaban J connectivity index is 1.61. The number of hydrogen-bond donors (Lipinski definition) is 1. The van der Waals surface area contributed by atoms with Gasteiger partial charge in [0.2, 0.25) is 10.0 Å². The molecule has 3 aromatic rings. The van der Waals surface area contributed by atoms with Gasteiger partial charge in [-0.3, -0.25) is 9.10 Å². The Bertz CT molecular complexity index is 1210. The molecule has 0 aromatic heterocycles. The van der Waals surface area contributed by atoms with Gasteiger partial charge in [-0.15, -0.1) is 0 Å². The molecular formula is C25H27ClN2O5S. The van der Waals surface area contributed by atoms with E-state index in [0.29, 0.717) is 22.2 Å². The minimum atomic E-state index is -3.53. The van der Waals surface area contributed by atoms with Crippen LogP contribution in [-0.4, -0.2) is 34.3 Å². The molecule has 0 saturated heterocycles. The van der Waals surface area contributed by atoms with E-state index in [4.69, 9.17) is 21.1 Å². The summed E-state index contributed by atoms with van der Waals surface area (Å²) in [7, 11) is -1.94. The zero-order valence-electron chi connectivity index (χ0n) is 19.2. The lowest BCUT2D eigenvalue weighted by Crippen LogP contribution is -2.31. The maximum Gasteiger partial charge on any atom is 0.258 e. The van der Waals surface area contributed by atoms with Crippen molar-refractivity contribution in [3.8, 4) is 11.5 Å². The van der Waals surface area contributed by atoms with Crippen LogP contribution in [0.25, 0.3) is 0 Å². The van der Waals surface area contributed by atoms with Crippen LogP contribution in [0.15, 0.2) is 72.8 Å². The van der Waals surface area contributed by atoms with Crippen LogP contribution in [0.1, 0.15) is 24.1 Å². The van der Waals surface area contributed by atoms with Gasteiger partial charge >= 0.3 is 0 Å². The van der Waals surface area contributed by atoms with Crippen LogP contribution in [0.5, 0.6) is 11.5 Å². The van der Waals surface area contributed by atoms with Crippen LogP contribution in [0.3, 0.4) is 0 Å². The first-order valence-corrected chi connectivity index (χ1v) is 12.8. The maximum atomic E-state index is 12.4. The van der Waals surface area contributed by atoms with Crippen LogP contribution < -0.4 is 19.1 Å². The molecule has 0 saturated carbocycles. The highest BCUT2D eigenvalue weighted by Gasteiger charge is 2.18. The van der Waals surface area contributed by atoms with Crippen LogP contribution in [0.2, 0.25) is 5.02 Å². The Hall–Kier alpha value is -3.23. The topological polar surface area (TPSA) is 84.9 Å². The Morgan fingerprint density at radius 1 is 1.03 bits per heavy atom. The number of carbonyl (C=O) groups excluding carboxylic acids is 1. The van der Waals surface area contributed by atoms with Gasteiger partial charge in [0.25, 0.3) is 5.91 Å². The van der Waals surface area contributed by atoms with Crippen molar-refractivity contribution < 1.29 is 22.7 Å². The average Bonchev–Trinajstić information content (AvgIpc) is 2.82. The summed E-state index contributed by atoms with van der Waals surface area (Å²) in [4.78, 5) is 12.4. The van der Waals surface area contributed by atoms with E-state index in [9.17, 15) is 13.2 Å². The molecular weight excluding hydrogens is 476 g/mol. The largest absolute Gasteiger partial charge is 0.496 e. The Morgan fingerprint density at radius 3 is 2.29 bits per heavy atom. The van der Waals surface area contributed by atoms with Gasteiger partial charge in [0.05, 0.1) is 31.6 Å². The molecule has 9 heteroatoms. The minimum absolute atomic E-state index is 0.166. The Labute approximate surface area is 205 Å². The van der Waals surface area contributed by atoms with Crippen LogP contribution in [0, 0.1) is 0 Å². The smallest absolute Gasteiger partial charge is 0.258 e. The fourth-order valence-electron chi connectivity index (χ4n) is 3.40. The number of nitrogens with zero attached hydrogens (tertiary/aromatic N) is 1. The molecule has 180 valence electrons. The zero-order chi connectivity index (χ0) is 24.7. The van der Waals surface area contributed by atoms with E-state index < -0.39 is 10.0 Å². The fraction of sp³-hybridized carbons (Fsp3) is 0.240.